The lowest BCUT2D eigenvalue weighted by Crippen LogP contribution is -2.24. The molecule has 3 rings (SSSR count). The molecule has 1 atom stereocenters. The van der Waals surface area contributed by atoms with E-state index in [4.69, 9.17) is 0 Å². The number of nitrogens with one attached hydrogen (secondary N) is 1. The number of hydrogen-bond acceptors (Lipinski definition) is 3. The molecule has 104 valence electrons. The van der Waals surface area contributed by atoms with Crippen LogP contribution in [0.15, 0.2) is 48.1 Å². The standard InChI is InChI=1S/C16H19N3S/c1-12(2)16(15-7-5-9-20-15)17-10-13-11-18-19-8-4-3-6-14(13)19/h3-9,11-12,16-17H,10H2,1-2H3. The van der Waals surface area contributed by atoms with Crippen LogP contribution < -0.4 is 5.32 Å². The maximum absolute atomic E-state index is 4.38. The van der Waals surface area contributed by atoms with Crippen molar-refractivity contribution in [3.05, 3.63) is 58.5 Å². The average Bonchev–Trinajstić information content (AvgIpc) is 3.09. The molecule has 0 amide bonds. The first-order valence-electron chi connectivity index (χ1n) is 6.94. The first-order chi connectivity index (χ1) is 9.75. The van der Waals surface area contributed by atoms with Gasteiger partial charge < -0.3 is 5.32 Å². The molecule has 0 aliphatic carbocycles. The Kier molecular flexibility index (Phi) is 3.85. The van der Waals surface area contributed by atoms with Crippen LogP contribution in [0, 0.1) is 5.92 Å². The first-order valence-corrected chi connectivity index (χ1v) is 7.81. The van der Waals surface area contributed by atoms with Crippen LogP contribution in [0.4, 0.5) is 0 Å². The minimum atomic E-state index is 0.397. The van der Waals surface area contributed by atoms with Crippen LogP contribution in [0.5, 0.6) is 0 Å². The highest BCUT2D eigenvalue weighted by Crippen LogP contribution is 2.26. The van der Waals surface area contributed by atoms with Gasteiger partial charge >= 0.3 is 0 Å². The molecule has 0 aliphatic heterocycles. The minimum Gasteiger partial charge on any atom is -0.305 e. The molecular weight excluding hydrogens is 266 g/mol. The van der Waals surface area contributed by atoms with Crippen LogP contribution in [-0.4, -0.2) is 9.61 Å². The Bertz CT molecular complexity index is 670. The van der Waals surface area contributed by atoms with Crippen molar-refractivity contribution in [1.82, 2.24) is 14.9 Å². The molecule has 0 saturated heterocycles. The SMILES string of the molecule is CC(C)C(NCc1cnn2ccccc12)c1cccs1. The first kappa shape index (κ1) is 13.3. The molecule has 0 saturated carbocycles. The second-order valence-electron chi connectivity index (χ2n) is 5.32. The Labute approximate surface area is 123 Å². The highest BCUT2D eigenvalue weighted by Gasteiger charge is 2.16. The molecule has 0 aromatic carbocycles. The summed E-state index contributed by atoms with van der Waals surface area (Å²) in [4.78, 5) is 1.40. The molecule has 0 bridgehead atoms. The Morgan fingerprint density at radius 1 is 1.25 bits per heavy atom. The number of fused-ring (bicyclic) bond motifs is 1. The van der Waals surface area contributed by atoms with Crippen molar-refractivity contribution in [2.75, 3.05) is 0 Å². The van der Waals surface area contributed by atoms with E-state index in [2.05, 4.69) is 53.9 Å². The number of pyridine rings is 1. The van der Waals surface area contributed by atoms with Gasteiger partial charge in [-0.05, 0) is 29.5 Å². The van der Waals surface area contributed by atoms with Gasteiger partial charge in [-0.15, -0.1) is 11.3 Å². The lowest BCUT2D eigenvalue weighted by molar-refractivity contribution is 0.417. The van der Waals surface area contributed by atoms with Crippen molar-refractivity contribution in [1.29, 1.82) is 0 Å². The Hall–Kier alpha value is -1.65. The fourth-order valence-corrected chi connectivity index (χ4v) is 3.45. The maximum Gasteiger partial charge on any atom is 0.0706 e. The molecule has 0 fully saturated rings. The summed E-state index contributed by atoms with van der Waals surface area (Å²) < 4.78 is 1.92. The molecule has 3 heterocycles. The number of rotatable bonds is 5. The molecule has 3 nitrogen and oxygen atoms in total. The highest BCUT2D eigenvalue weighted by molar-refractivity contribution is 7.10. The van der Waals surface area contributed by atoms with E-state index in [1.165, 1.54) is 16.0 Å². The van der Waals surface area contributed by atoms with Crippen molar-refractivity contribution >= 4 is 16.9 Å². The van der Waals surface area contributed by atoms with E-state index in [0.29, 0.717) is 12.0 Å². The summed E-state index contributed by atoms with van der Waals surface area (Å²) >= 11 is 1.82. The Morgan fingerprint density at radius 2 is 2.15 bits per heavy atom. The van der Waals surface area contributed by atoms with Crippen LogP contribution in [0.1, 0.15) is 30.3 Å². The summed E-state index contributed by atoms with van der Waals surface area (Å²) in [6.45, 7) is 5.36. The van der Waals surface area contributed by atoms with Crippen molar-refractivity contribution in [3.8, 4) is 0 Å². The van der Waals surface area contributed by atoms with Crippen molar-refractivity contribution in [3.63, 3.8) is 0 Å². The summed E-state index contributed by atoms with van der Waals surface area (Å²) in [6.07, 6.45) is 3.94. The fraction of sp³-hybridized carbons (Fsp3) is 0.312. The number of thiophene rings is 1. The summed E-state index contributed by atoms with van der Waals surface area (Å²) in [5.41, 5.74) is 2.42. The van der Waals surface area contributed by atoms with E-state index in [-0.39, 0.29) is 0 Å². The minimum absolute atomic E-state index is 0.397. The second-order valence-corrected chi connectivity index (χ2v) is 6.30. The third kappa shape index (κ3) is 2.62. The van der Waals surface area contributed by atoms with Gasteiger partial charge in [-0.25, -0.2) is 4.52 Å². The maximum atomic E-state index is 4.38. The number of aromatic nitrogens is 2. The number of nitrogens with zero attached hydrogens (tertiary/aromatic N) is 2. The van der Waals surface area contributed by atoms with Gasteiger partial charge in [-0.1, -0.05) is 26.0 Å². The Morgan fingerprint density at radius 3 is 2.90 bits per heavy atom. The third-order valence-corrected chi connectivity index (χ3v) is 4.49. The molecule has 1 unspecified atom stereocenters. The molecule has 0 radical (unpaired) electrons. The molecule has 0 spiro atoms. The van der Waals surface area contributed by atoms with Gasteiger partial charge in [0.1, 0.15) is 0 Å². The van der Waals surface area contributed by atoms with Gasteiger partial charge in [0.25, 0.3) is 0 Å². The quantitative estimate of drug-likeness (QED) is 0.771. The average molecular weight is 285 g/mol. The monoisotopic (exact) mass is 285 g/mol. The summed E-state index contributed by atoms with van der Waals surface area (Å²) in [6, 6.07) is 10.9. The predicted molar refractivity (Wildman–Crippen MR) is 83.9 cm³/mol. The second kappa shape index (κ2) is 5.77. The van der Waals surface area contributed by atoms with Gasteiger partial charge in [-0.3, -0.25) is 0 Å². The van der Waals surface area contributed by atoms with Gasteiger partial charge in [-0.2, -0.15) is 5.10 Å². The summed E-state index contributed by atoms with van der Waals surface area (Å²) in [7, 11) is 0. The zero-order valence-electron chi connectivity index (χ0n) is 11.8. The van der Waals surface area contributed by atoms with Crippen molar-refractivity contribution < 1.29 is 0 Å². The largest absolute Gasteiger partial charge is 0.305 e. The number of hydrogen-bond donors (Lipinski definition) is 1. The smallest absolute Gasteiger partial charge is 0.0706 e. The van der Waals surface area contributed by atoms with Crippen LogP contribution >= 0.6 is 11.3 Å². The van der Waals surface area contributed by atoms with Crippen LogP contribution in [0.25, 0.3) is 5.52 Å². The van der Waals surface area contributed by atoms with Crippen LogP contribution in [-0.2, 0) is 6.54 Å². The van der Waals surface area contributed by atoms with E-state index in [1.54, 1.807) is 0 Å². The molecule has 0 aliphatic rings. The van der Waals surface area contributed by atoms with Crippen molar-refractivity contribution in [2.45, 2.75) is 26.4 Å². The molecule has 1 N–H and O–H groups in total. The van der Waals surface area contributed by atoms with Crippen LogP contribution in [0.3, 0.4) is 0 Å². The zero-order valence-corrected chi connectivity index (χ0v) is 12.6. The fourth-order valence-electron chi connectivity index (χ4n) is 2.48. The van der Waals surface area contributed by atoms with E-state index in [0.717, 1.165) is 6.54 Å². The van der Waals surface area contributed by atoms with Crippen molar-refractivity contribution in [2.24, 2.45) is 5.92 Å². The van der Waals surface area contributed by atoms with Gasteiger partial charge in [0.15, 0.2) is 0 Å². The van der Waals surface area contributed by atoms with Gasteiger partial charge in [0.05, 0.1) is 11.7 Å². The molecular formula is C16H19N3S. The van der Waals surface area contributed by atoms with E-state index >= 15 is 0 Å². The summed E-state index contributed by atoms with van der Waals surface area (Å²) in [5.74, 6) is 0.565. The normalized spacial score (nSPS) is 13.2. The molecule has 4 heteroatoms. The van der Waals surface area contributed by atoms with E-state index in [1.807, 2.05) is 34.3 Å². The topological polar surface area (TPSA) is 29.3 Å². The van der Waals surface area contributed by atoms with E-state index < -0.39 is 0 Å². The Balaban J connectivity index is 1.78. The highest BCUT2D eigenvalue weighted by atomic mass is 32.1. The van der Waals surface area contributed by atoms with E-state index in [9.17, 15) is 0 Å². The lowest BCUT2D eigenvalue weighted by Gasteiger charge is -2.21. The van der Waals surface area contributed by atoms with Crippen LogP contribution in [0.2, 0.25) is 0 Å². The predicted octanol–water partition coefficient (Wildman–Crippen LogP) is 3.88. The lowest BCUT2D eigenvalue weighted by atomic mass is 10.0. The molecule has 3 aromatic heterocycles. The zero-order chi connectivity index (χ0) is 13.9. The molecule has 3 aromatic rings. The summed E-state index contributed by atoms with van der Waals surface area (Å²) in [5, 5.41) is 10.2. The van der Waals surface area contributed by atoms with Gasteiger partial charge in [0.2, 0.25) is 0 Å². The molecule has 20 heavy (non-hydrogen) atoms. The van der Waals surface area contributed by atoms with Gasteiger partial charge in [0, 0.05) is 29.2 Å². The third-order valence-electron chi connectivity index (χ3n) is 3.54.